The number of imidazole rings is 1. The molecule has 3 aromatic carbocycles. The van der Waals surface area contributed by atoms with E-state index >= 15 is 0 Å². The van der Waals surface area contributed by atoms with Crippen LogP contribution in [0.15, 0.2) is 72.8 Å². The molecule has 4 nitrogen and oxygen atoms in total. The number of hydrogen-bond donors (Lipinski definition) is 2. The molecule has 2 N–H and O–H groups in total. The fourth-order valence-corrected chi connectivity index (χ4v) is 3.02. The SMILES string of the molecule is COc1ccc2nc(CNCc3ccc(-c4ccccc4)cc3)[nH]c2c1. The van der Waals surface area contributed by atoms with E-state index in [9.17, 15) is 0 Å². The second-order valence-corrected chi connectivity index (χ2v) is 6.23. The van der Waals surface area contributed by atoms with Crippen molar-refractivity contribution in [3.63, 3.8) is 0 Å². The van der Waals surface area contributed by atoms with Gasteiger partial charge >= 0.3 is 0 Å². The van der Waals surface area contributed by atoms with E-state index in [1.807, 2.05) is 24.3 Å². The Morgan fingerprint density at radius 1 is 0.885 bits per heavy atom. The Labute approximate surface area is 152 Å². The van der Waals surface area contributed by atoms with E-state index in [0.717, 1.165) is 29.2 Å². The lowest BCUT2D eigenvalue weighted by molar-refractivity contribution is 0.415. The summed E-state index contributed by atoms with van der Waals surface area (Å²) in [6.45, 7) is 1.49. The van der Waals surface area contributed by atoms with E-state index in [-0.39, 0.29) is 0 Å². The van der Waals surface area contributed by atoms with Crippen LogP contribution in [0.2, 0.25) is 0 Å². The third kappa shape index (κ3) is 3.60. The molecule has 0 fully saturated rings. The van der Waals surface area contributed by atoms with Crippen LogP contribution in [0.5, 0.6) is 5.75 Å². The first-order chi connectivity index (χ1) is 12.8. The standard InChI is InChI=1S/C22H21N3O/c1-26-19-11-12-20-21(13-19)25-22(24-20)15-23-14-16-7-9-18(10-8-16)17-5-3-2-4-6-17/h2-13,23H,14-15H2,1H3,(H,24,25). The molecule has 26 heavy (non-hydrogen) atoms. The van der Waals surface area contributed by atoms with Gasteiger partial charge < -0.3 is 15.0 Å². The fraction of sp³-hybridized carbons (Fsp3) is 0.136. The summed E-state index contributed by atoms with van der Waals surface area (Å²) < 4.78 is 5.25. The van der Waals surface area contributed by atoms with Crippen molar-refractivity contribution < 1.29 is 4.74 Å². The molecule has 1 heterocycles. The highest BCUT2D eigenvalue weighted by atomic mass is 16.5. The maximum absolute atomic E-state index is 5.25. The average Bonchev–Trinajstić information content (AvgIpc) is 3.11. The molecule has 0 radical (unpaired) electrons. The molecule has 4 aromatic rings. The second-order valence-electron chi connectivity index (χ2n) is 6.23. The molecule has 0 spiro atoms. The number of ether oxygens (including phenoxy) is 1. The highest BCUT2D eigenvalue weighted by Gasteiger charge is 2.04. The Balaban J connectivity index is 1.37. The quantitative estimate of drug-likeness (QED) is 0.541. The maximum atomic E-state index is 5.25. The number of aromatic nitrogens is 2. The molecule has 0 unspecified atom stereocenters. The molecule has 0 amide bonds. The largest absolute Gasteiger partial charge is 0.497 e. The predicted octanol–water partition coefficient (Wildman–Crippen LogP) is 4.53. The number of nitrogens with one attached hydrogen (secondary N) is 2. The first-order valence-electron chi connectivity index (χ1n) is 8.69. The van der Waals surface area contributed by atoms with Gasteiger partial charge in [-0.15, -0.1) is 0 Å². The van der Waals surface area contributed by atoms with Gasteiger partial charge in [0.25, 0.3) is 0 Å². The van der Waals surface area contributed by atoms with Crippen molar-refractivity contribution in [2.24, 2.45) is 0 Å². The van der Waals surface area contributed by atoms with E-state index < -0.39 is 0 Å². The van der Waals surface area contributed by atoms with Gasteiger partial charge in [0.1, 0.15) is 11.6 Å². The summed E-state index contributed by atoms with van der Waals surface area (Å²) in [4.78, 5) is 7.93. The maximum Gasteiger partial charge on any atom is 0.121 e. The zero-order valence-electron chi connectivity index (χ0n) is 14.7. The smallest absolute Gasteiger partial charge is 0.121 e. The number of H-pyrrole nitrogens is 1. The van der Waals surface area contributed by atoms with Crippen LogP contribution < -0.4 is 10.1 Å². The number of hydrogen-bond acceptors (Lipinski definition) is 3. The Morgan fingerprint density at radius 2 is 1.65 bits per heavy atom. The first-order valence-corrected chi connectivity index (χ1v) is 8.69. The van der Waals surface area contributed by atoms with Crippen molar-refractivity contribution in [2.45, 2.75) is 13.1 Å². The molecular weight excluding hydrogens is 322 g/mol. The van der Waals surface area contributed by atoms with E-state index in [0.29, 0.717) is 6.54 Å². The van der Waals surface area contributed by atoms with Crippen molar-refractivity contribution >= 4 is 11.0 Å². The van der Waals surface area contributed by atoms with Crippen molar-refractivity contribution in [3.8, 4) is 16.9 Å². The van der Waals surface area contributed by atoms with Gasteiger partial charge in [0.05, 0.1) is 24.7 Å². The Morgan fingerprint density at radius 3 is 2.42 bits per heavy atom. The fourth-order valence-electron chi connectivity index (χ4n) is 3.02. The van der Waals surface area contributed by atoms with Crippen molar-refractivity contribution in [1.82, 2.24) is 15.3 Å². The van der Waals surface area contributed by atoms with E-state index in [4.69, 9.17) is 4.74 Å². The van der Waals surface area contributed by atoms with Crippen LogP contribution in [-0.4, -0.2) is 17.1 Å². The number of methoxy groups -OCH3 is 1. The lowest BCUT2D eigenvalue weighted by Crippen LogP contribution is -2.13. The topological polar surface area (TPSA) is 49.9 Å². The third-order valence-electron chi connectivity index (χ3n) is 4.42. The van der Waals surface area contributed by atoms with Gasteiger partial charge in [0, 0.05) is 12.6 Å². The van der Waals surface area contributed by atoms with Crippen LogP contribution in [0.4, 0.5) is 0 Å². The summed E-state index contributed by atoms with van der Waals surface area (Å²) in [5, 5.41) is 3.44. The Hall–Kier alpha value is -3.11. The van der Waals surface area contributed by atoms with Crippen molar-refractivity contribution in [1.29, 1.82) is 0 Å². The predicted molar refractivity (Wildman–Crippen MR) is 105 cm³/mol. The minimum absolute atomic E-state index is 0.692. The summed E-state index contributed by atoms with van der Waals surface area (Å²) in [6.07, 6.45) is 0. The Bertz CT molecular complexity index is 991. The average molecular weight is 343 g/mol. The first kappa shape index (κ1) is 16.4. The van der Waals surface area contributed by atoms with Crippen LogP contribution in [0.25, 0.3) is 22.2 Å². The summed E-state index contributed by atoms with van der Waals surface area (Å²) in [5.41, 5.74) is 5.68. The molecule has 0 aliphatic heterocycles. The van der Waals surface area contributed by atoms with Crippen molar-refractivity contribution in [2.75, 3.05) is 7.11 Å². The van der Waals surface area contributed by atoms with Gasteiger partial charge in [-0.05, 0) is 28.8 Å². The summed E-state index contributed by atoms with van der Waals surface area (Å²) in [5.74, 6) is 1.76. The molecule has 0 atom stereocenters. The molecule has 0 aliphatic rings. The van der Waals surface area contributed by atoms with Gasteiger partial charge in [-0.3, -0.25) is 0 Å². The number of aromatic amines is 1. The zero-order chi connectivity index (χ0) is 17.8. The van der Waals surface area contributed by atoms with Crippen LogP contribution in [0, 0.1) is 0 Å². The van der Waals surface area contributed by atoms with E-state index in [2.05, 4.69) is 63.8 Å². The third-order valence-corrected chi connectivity index (χ3v) is 4.42. The van der Waals surface area contributed by atoms with Crippen LogP contribution in [-0.2, 0) is 13.1 Å². The molecule has 0 bridgehead atoms. The molecule has 0 saturated heterocycles. The van der Waals surface area contributed by atoms with Gasteiger partial charge in [0.15, 0.2) is 0 Å². The number of nitrogens with zero attached hydrogens (tertiary/aromatic N) is 1. The molecular formula is C22H21N3O. The molecule has 0 aliphatic carbocycles. The highest BCUT2D eigenvalue weighted by Crippen LogP contribution is 2.20. The Kier molecular flexibility index (Phi) is 4.67. The number of benzene rings is 3. The molecule has 0 saturated carbocycles. The molecule has 1 aromatic heterocycles. The molecule has 4 heteroatoms. The van der Waals surface area contributed by atoms with Gasteiger partial charge in [-0.25, -0.2) is 4.98 Å². The molecule has 130 valence electrons. The minimum atomic E-state index is 0.692. The van der Waals surface area contributed by atoms with E-state index in [1.165, 1.54) is 16.7 Å². The normalized spacial score (nSPS) is 11.0. The van der Waals surface area contributed by atoms with Gasteiger partial charge in [0.2, 0.25) is 0 Å². The van der Waals surface area contributed by atoms with Crippen LogP contribution in [0.1, 0.15) is 11.4 Å². The second kappa shape index (κ2) is 7.42. The van der Waals surface area contributed by atoms with Crippen LogP contribution in [0.3, 0.4) is 0 Å². The van der Waals surface area contributed by atoms with Gasteiger partial charge in [-0.1, -0.05) is 54.6 Å². The highest BCUT2D eigenvalue weighted by molar-refractivity contribution is 5.76. The summed E-state index contributed by atoms with van der Waals surface area (Å²) in [6, 6.07) is 24.9. The van der Waals surface area contributed by atoms with E-state index in [1.54, 1.807) is 7.11 Å². The van der Waals surface area contributed by atoms with Gasteiger partial charge in [-0.2, -0.15) is 0 Å². The van der Waals surface area contributed by atoms with Crippen molar-refractivity contribution in [3.05, 3.63) is 84.2 Å². The minimum Gasteiger partial charge on any atom is -0.497 e. The zero-order valence-corrected chi connectivity index (χ0v) is 14.7. The summed E-state index contributed by atoms with van der Waals surface area (Å²) >= 11 is 0. The monoisotopic (exact) mass is 343 g/mol. The van der Waals surface area contributed by atoms with Crippen LogP contribution >= 0.6 is 0 Å². The number of fused-ring (bicyclic) bond motifs is 1. The lowest BCUT2D eigenvalue weighted by atomic mass is 10.0. The molecule has 4 rings (SSSR count). The number of rotatable bonds is 6. The summed E-state index contributed by atoms with van der Waals surface area (Å²) in [7, 11) is 1.67. The lowest BCUT2D eigenvalue weighted by Gasteiger charge is -2.05.